The number of aldehydes is 1. The Kier molecular flexibility index (Phi) is 6.69. The number of carbonyl (C=O) groups is 2. The highest BCUT2D eigenvalue weighted by atomic mass is 35.5. The highest BCUT2D eigenvalue weighted by molar-refractivity contribution is 6.31. The molecule has 1 amide bonds. The van der Waals surface area contributed by atoms with Crippen LogP contribution < -0.4 is 15.0 Å². The molecule has 9 nitrogen and oxygen atoms in total. The Balaban J connectivity index is 1.41. The molecular formula is C25H29ClN6O3. The highest BCUT2D eigenvalue weighted by Crippen LogP contribution is 2.55. The van der Waals surface area contributed by atoms with Crippen molar-refractivity contribution in [1.82, 2.24) is 20.5 Å². The summed E-state index contributed by atoms with van der Waals surface area (Å²) in [6.07, 6.45) is 3.88. The van der Waals surface area contributed by atoms with Crippen LogP contribution in [0.5, 0.6) is 5.75 Å². The zero-order valence-electron chi connectivity index (χ0n) is 20.3. The Morgan fingerprint density at radius 2 is 1.91 bits per heavy atom. The van der Waals surface area contributed by atoms with E-state index in [1.165, 1.54) is 6.20 Å². The lowest BCUT2D eigenvalue weighted by atomic mass is 9.49. The Morgan fingerprint density at radius 3 is 2.46 bits per heavy atom. The number of carbonyl (C=O) groups excluding carboxylic acids is 2. The van der Waals surface area contributed by atoms with Gasteiger partial charge in [-0.05, 0) is 25.0 Å². The van der Waals surface area contributed by atoms with Gasteiger partial charge in [0.15, 0.2) is 17.2 Å². The van der Waals surface area contributed by atoms with Gasteiger partial charge in [-0.15, -0.1) is 10.2 Å². The van der Waals surface area contributed by atoms with Crippen LogP contribution in [0.2, 0.25) is 5.02 Å². The van der Waals surface area contributed by atoms with Gasteiger partial charge in [-0.3, -0.25) is 4.79 Å². The minimum atomic E-state index is -0.393. The molecule has 0 spiro atoms. The molecule has 35 heavy (non-hydrogen) atoms. The molecule has 4 rings (SSSR count). The third kappa shape index (κ3) is 4.67. The molecule has 3 heterocycles. The van der Waals surface area contributed by atoms with Crippen LogP contribution in [0.1, 0.15) is 56.7 Å². The third-order valence-electron chi connectivity index (χ3n) is 7.23. The largest absolute Gasteiger partial charge is 0.487 e. The SMILES string of the molecule is CC1(C)C(NC(=O)c2ccc(N3CCC(C=O)CC3)nn2)C(C)(C)C1Oc1cnc(C#N)c(Cl)c1. The van der Waals surface area contributed by atoms with Crippen molar-refractivity contribution in [2.75, 3.05) is 18.0 Å². The smallest absolute Gasteiger partial charge is 0.272 e. The van der Waals surface area contributed by atoms with Crippen LogP contribution in [0.25, 0.3) is 0 Å². The van der Waals surface area contributed by atoms with Gasteiger partial charge in [0.1, 0.15) is 24.2 Å². The number of hydrogen-bond acceptors (Lipinski definition) is 8. The monoisotopic (exact) mass is 496 g/mol. The topological polar surface area (TPSA) is 121 Å². The van der Waals surface area contributed by atoms with E-state index in [0.29, 0.717) is 11.6 Å². The van der Waals surface area contributed by atoms with Gasteiger partial charge in [-0.1, -0.05) is 39.3 Å². The number of anilines is 1. The fourth-order valence-electron chi connectivity index (χ4n) is 5.59. The van der Waals surface area contributed by atoms with Crippen molar-refractivity contribution < 1.29 is 14.3 Å². The first kappa shape index (κ1) is 24.9. The lowest BCUT2D eigenvalue weighted by Gasteiger charge is -2.63. The Labute approximate surface area is 209 Å². The van der Waals surface area contributed by atoms with Crippen molar-refractivity contribution in [2.24, 2.45) is 16.7 Å². The molecule has 2 aromatic rings. The van der Waals surface area contributed by atoms with E-state index in [1.807, 2.05) is 33.8 Å². The molecule has 2 fully saturated rings. The van der Waals surface area contributed by atoms with E-state index in [-0.39, 0.29) is 40.4 Å². The summed E-state index contributed by atoms with van der Waals surface area (Å²) in [6.45, 7) is 9.62. The maximum atomic E-state index is 13.0. The number of amides is 1. The average Bonchev–Trinajstić information content (AvgIpc) is 2.85. The molecule has 184 valence electrons. The summed E-state index contributed by atoms with van der Waals surface area (Å²) in [6, 6.07) is 6.82. The minimum Gasteiger partial charge on any atom is -0.487 e. The number of hydrogen-bond donors (Lipinski definition) is 1. The maximum absolute atomic E-state index is 13.0. The van der Waals surface area contributed by atoms with E-state index < -0.39 is 10.8 Å². The Bertz CT molecular complexity index is 1140. The predicted molar refractivity (Wildman–Crippen MR) is 130 cm³/mol. The zero-order valence-corrected chi connectivity index (χ0v) is 21.0. The van der Waals surface area contributed by atoms with Crippen molar-refractivity contribution in [2.45, 2.75) is 52.7 Å². The highest BCUT2D eigenvalue weighted by Gasteiger charge is 2.64. The van der Waals surface area contributed by atoms with E-state index in [4.69, 9.17) is 21.6 Å². The van der Waals surface area contributed by atoms with E-state index in [1.54, 1.807) is 18.2 Å². The van der Waals surface area contributed by atoms with Crippen molar-refractivity contribution in [3.63, 3.8) is 0 Å². The number of rotatable bonds is 6. The molecule has 2 aromatic heterocycles. The molecule has 1 aliphatic carbocycles. The predicted octanol–water partition coefficient (Wildman–Crippen LogP) is 3.42. The summed E-state index contributed by atoms with van der Waals surface area (Å²) in [5.41, 5.74) is -0.393. The number of nitriles is 1. The van der Waals surface area contributed by atoms with Crippen LogP contribution in [0.3, 0.4) is 0 Å². The summed E-state index contributed by atoms with van der Waals surface area (Å²) in [5.74, 6) is 0.995. The minimum absolute atomic E-state index is 0.108. The second-order valence-electron chi connectivity index (χ2n) is 10.4. The molecule has 2 aliphatic rings. The van der Waals surface area contributed by atoms with Crippen LogP contribution in [0.15, 0.2) is 24.4 Å². The number of aromatic nitrogens is 3. The van der Waals surface area contributed by atoms with Gasteiger partial charge < -0.3 is 19.7 Å². The molecule has 0 unspecified atom stereocenters. The molecule has 1 saturated carbocycles. The molecule has 1 N–H and O–H groups in total. The van der Waals surface area contributed by atoms with Crippen LogP contribution in [0, 0.1) is 28.1 Å². The lowest BCUT2D eigenvalue weighted by molar-refractivity contribution is -0.164. The van der Waals surface area contributed by atoms with E-state index >= 15 is 0 Å². The molecule has 0 atom stereocenters. The summed E-state index contributed by atoms with van der Waals surface area (Å²) in [4.78, 5) is 30.1. The zero-order chi connectivity index (χ0) is 25.4. The number of halogens is 1. The standard InChI is InChI=1S/C25H29ClN6O3/c1-24(2)22(25(3,4)23(24)35-16-11-17(26)19(12-27)28-13-16)29-21(34)18-5-6-20(31-30-18)32-9-7-15(14-33)8-10-32/h5-6,11,13-15,22-23H,7-10H2,1-4H3,(H,29,34). The first-order chi connectivity index (χ1) is 16.6. The summed E-state index contributed by atoms with van der Waals surface area (Å²) in [5, 5.41) is 20.8. The van der Waals surface area contributed by atoms with Crippen LogP contribution in [-0.2, 0) is 4.79 Å². The van der Waals surface area contributed by atoms with Crippen molar-refractivity contribution in [3.05, 3.63) is 40.8 Å². The van der Waals surface area contributed by atoms with Crippen molar-refractivity contribution >= 4 is 29.6 Å². The number of pyridine rings is 1. The van der Waals surface area contributed by atoms with Gasteiger partial charge in [0.2, 0.25) is 0 Å². The summed E-state index contributed by atoms with van der Waals surface area (Å²) in [7, 11) is 0. The van der Waals surface area contributed by atoms with Crippen LogP contribution >= 0.6 is 11.6 Å². The normalized spacial score (nSPS) is 23.0. The Hall–Kier alpha value is -3.25. The first-order valence-corrected chi connectivity index (χ1v) is 12.0. The molecule has 1 aliphatic heterocycles. The quantitative estimate of drug-likeness (QED) is 0.604. The number of ether oxygens (including phenoxy) is 1. The summed E-state index contributed by atoms with van der Waals surface area (Å²) >= 11 is 6.10. The van der Waals surface area contributed by atoms with Gasteiger partial charge in [-0.25, -0.2) is 4.98 Å². The Morgan fingerprint density at radius 1 is 1.23 bits per heavy atom. The van der Waals surface area contributed by atoms with Crippen molar-refractivity contribution in [3.8, 4) is 11.8 Å². The summed E-state index contributed by atoms with van der Waals surface area (Å²) < 4.78 is 6.21. The number of piperidine rings is 1. The van der Waals surface area contributed by atoms with Gasteiger partial charge in [0.05, 0.1) is 11.2 Å². The van der Waals surface area contributed by atoms with Gasteiger partial charge in [0.25, 0.3) is 5.91 Å². The molecular weight excluding hydrogens is 468 g/mol. The van der Waals surface area contributed by atoms with Crippen LogP contribution in [0.4, 0.5) is 5.82 Å². The third-order valence-corrected chi connectivity index (χ3v) is 7.52. The molecule has 10 heteroatoms. The molecule has 0 radical (unpaired) electrons. The fourth-order valence-corrected chi connectivity index (χ4v) is 5.79. The molecule has 0 aromatic carbocycles. The van der Waals surface area contributed by atoms with Gasteiger partial charge >= 0.3 is 0 Å². The molecule has 0 bridgehead atoms. The van der Waals surface area contributed by atoms with E-state index in [2.05, 4.69) is 25.4 Å². The van der Waals surface area contributed by atoms with E-state index in [0.717, 1.165) is 32.2 Å². The van der Waals surface area contributed by atoms with Crippen molar-refractivity contribution in [1.29, 1.82) is 5.26 Å². The van der Waals surface area contributed by atoms with Gasteiger partial charge in [-0.2, -0.15) is 5.26 Å². The van der Waals surface area contributed by atoms with E-state index in [9.17, 15) is 9.59 Å². The molecule has 1 saturated heterocycles. The first-order valence-electron chi connectivity index (χ1n) is 11.6. The fraction of sp³-hybridized carbons (Fsp3) is 0.520. The second-order valence-corrected chi connectivity index (χ2v) is 10.8. The van der Waals surface area contributed by atoms with Crippen LogP contribution in [-0.4, -0.2) is 52.6 Å². The maximum Gasteiger partial charge on any atom is 0.272 e. The lowest BCUT2D eigenvalue weighted by Crippen LogP contribution is -2.74. The number of nitrogens with zero attached hydrogens (tertiary/aromatic N) is 5. The van der Waals surface area contributed by atoms with Gasteiger partial charge in [0, 0.05) is 41.9 Å². The second kappa shape index (κ2) is 9.42. The average molecular weight is 497 g/mol. The number of nitrogens with one attached hydrogen (secondary N) is 1.